The number of hydrogen-bond donors (Lipinski definition) is 0. The molecule has 2 fully saturated rings. The standard InChI is InChI=1S/C29H28N4O3/c1-31-25-12-6-5-11-23(25)16-26(31)27(34)32-14-15-36-29(20-32)24(22-9-3-2-4-10-22)19-33(28(29)35)18-21-8-7-13-30-17-21/h2-13,16-17,24H,14-15,18-20H2,1H3. The number of rotatable bonds is 4. The van der Waals surface area contributed by atoms with Crippen molar-refractivity contribution in [3.05, 3.63) is 102 Å². The molecule has 36 heavy (non-hydrogen) atoms. The maximum absolute atomic E-state index is 14.0. The van der Waals surface area contributed by atoms with E-state index in [1.54, 1.807) is 17.3 Å². The number of amides is 2. The zero-order valence-electron chi connectivity index (χ0n) is 20.2. The molecule has 2 aliphatic rings. The molecule has 2 atom stereocenters. The van der Waals surface area contributed by atoms with E-state index >= 15 is 0 Å². The topological polar surface area (TPSA) is 67.7 Å². The van der Waals surface area contributed by atoms with Gasteiger partial charge in [-0.1, -0.05) is 54.6 Å². The fourth-order valence-electron chi connectivity index (χ4n) is 5.69. The Hall–Kier alpha value is -3.97. The molecule has 4 heterocycles. The van der Waals surface area contributed by atoms with Crippen molar-refractivity contribution in [3.63, 3.8) is 0 Å². The van der Waals surface area contributed by atoms with E-state index in [9.17, 15) is 9.59 Å². The van der Waals surface area contributed by atoms with Crippen LogP contribution in [-0.2, 0) is 23.1 Å². The number of morpholine rings is 1. The summed E-state index contributed by atoms with van der Waals surface area (Å²) in [6.07, 6.45) is 3.51. The molecule has 2 aromatic carbocycles. The number of nitrogens with zero attached hydrogens (tertiary/aromatic N) is 4. The van der Waals surface area contributed by atoms with Crippen LogP contribution in [0.5, 0.6) is 0 Å². The van der Waals surface area contributed by atoms with Crippen LogP contribution in [0.2, 0.25) is 0 Å². The Bertz CT molecular complexity index is 1420. The first-order valence-corrected chi connectivity index (χ1v) is 12.3. The number of carbonyl (C=O) groups is 2. The molecule has 7 heteroatoms. The van der Waals surface area contributed by atoms with Gasteiger partial charge in [0.25, 0.3) is 11.8 Å². The second-order valence-corrected chi connectivity index (χ2v) is 9.62. The highest BCUT2D eigenvalue weighted by Gasteiger charge is 2.58. The second-order valence-electron chi connectivity index (χ2n) is 9.62. The third-order valence-electron chi connectivity index (χ3n) is 7.52. The number of carbonyl (C=O) groups excluding carboxylic acids is 2. The predicted octanol–water partition coefficient (Wildman–Crippen LogP) is 3.61. The van der Waals surface area contributed by atoms with E-state index in [4.69, 9.17) is 4.74 Å². The Labute approximate surface area is 209 Å². The van der Waals surface area contributed by atoms with E-state index in [0.29, 0.717) is 31.9 Å². The van der Waals surface area contributed by atoms with Crippen molar-refractivity contribution in [3.8, 4) is 0 Å². The van der Waals surface area contributed by atoms with Crippen molar-refractivity contribution in [2.24, 2.45) is 7.05 Å². The fourth-order valence-corrected chi connectivity index (χ4v) is 5.69. The summed E-state index contributed by atoms with van der Waals surface area (Å²) in [5.41, 5.74) is 2.50. The first kappa shape index (κ1) is 22.5. The monoisotopic (exact) mass is 480 g/mol. The molecule has 1 spiro atoms. The van der Waals surface area contributed by atoms with Gasteiger partial charge in [-0.15, -0.1) is 0 Å². The quantitative estimate of drug-likeness (QED) is 0.448. The van der Waals surface area contributed by atoms with Crippen molar-refractivity contribution in [1.82, 2.24) is 19.4 Å². The highest BCUT2D eigenvalue weighted by molar-refractivity contribution is 5.99. The van der Waals surface area contributed by atoms with Crippen LogP contribution in [0, 0.1) is 0 Å². The minimum Gasteiger partial charge on any atom is -0.361 e. The molecule has 7 nitrogen and oxygen atoms in total. The highest BCUT2D eigenvalue weighted by Crippen LogP contribution is 2.43. The lowest BCUT2D eigenvalue weighted by molar-refractivity contribution is -0.160. The molecular weight excluding hydrogens is 452 g/mol. The summed E-state index contributed by atoms with van der Waals surface area (Å²) >= 11 is 0. The first-order chi connectivity index (χ1) is 17.6. The molecule has 2 saturated heterocycles. The van der Waals surface area contributed by atoms with Crippen molar-refractivity contribution in [1.29, 1.82) is 0 Å². The minimum atomic E-state index is -1.12. The zero-order valence-corrected chi connectivity index (χ0v) is 20.2. The van der Waals surface area contributed by atoms with Gasteiger partial charge in [0, 0.05) is 55.9 Å². The molecule has 4 aromatic rings. The van der Waals surface area contributed by atoms with Gasteiger partial charge in [0.1, 0.15) is 5.69 Å². The maximum atomic E-state index is 14.0. The Morgan fingerprint density at radius 2 is 1.89 bits per heavy atom. The fraction of sp³-hybridized carbons (Fsp3) is 0.276. The molecule has 6 rings (SSSR count). The van der Waals surface area contributed by atoms with Gasteiger partial charge in [-0.25, -0.2) is 0 Å². The van der Waals surface area contributed by atoms with Gasteiger partial charge in [0.05, 0.1) is 13.2 Å². The number of pyridine rings is 1. The molecule has 0 aliphatic carbocycles. The predicted molar refractivity (Wildman–Crippen MR) is 136 cm³/mol. The number of aryl methyl sites for hydroxylation is 1. The minimum absolute atomic E-state index is 0.0743. The molecule has 0 saturated carbocycles. The summed E-state index contributed by atoms with van der Waals surface area (Å²) in [6, 6.07) is 23.8. The smallest absolute Gasteiger partial charge is 0.270 e. The summed E-state index contributed by atoms with van der Waals surface area (Å²) < 4.78 is 8.30. The Kier molecular flexibility index (Phi) is 5.57. The number of hydrogen-bond acceptors (Lipinski definition) is 4. The van der Waals surface area contributed by atoms with E-state index in [1.807, 2.05) is 89.3 Å². The lowest BCUT2D eigenvalue weighted by Gasteiger charge is -2.42. The molecule has 2 aromatic heterocycles. The number of ether oxygens (including phenoxy) is 1. The third-order valence-corrected chi connectivity index (χ3v) is 7.52. The molecule has 0 N–H and O–H groups in total. The van der Waals surface area contributed by atoms with Gasteiger partial charge in [0.2, 0.25) is 0 Å². The van der Waals surface area contributed by atoms with E-state index in [1.165, 1.54) is 0 Å². The van der Waals surface area contributed by atoms with Crippen LogP contribution < -0.4 is 0 Å². The SMILES string of the molecule is Cn1c(C(=O)N2CCOC3(C2)C(=O)N(Cc2cccnc2)CC3c2ccccc2)cc2ccccc21. The molecule has 0 radical (unpaired) electrons. The molecule has 2 amide bonds. The van der Waals surface area contributed by atoms with Gasteiger partial charge in [-0.2, -0.15) is 0 Å². The summed E-state index contributed by atoms with van der Waals surface area (Å²) in [5.74, 6) is -0.345. The van der Waals surface area contributed by atoms with Gasteiger partial charge >= 0.3 is 0 Å². The summed E-state index contributed by atoms with van der Waals surface area (Å²) in [4.78, 5) is 35.6. The van der Waals surface area contributed by atoms with Crippen LogP contribution in [-0.4, -0.2) is 63.0 Å². The van der Waals surface area contributed by atoms with Crippen LogP contribution in [0.1, 0.15) is 27.5 Å². The molecule has 0 bridgehead atoms. The van der Waals surface area contributed by atoms with Gasteiger partial charge in [0.15, 0.2) is 5.60 Å². The largest absolute Gasteiger partial charge is 0.361 e. The van der Waals surface area contributed by atoms with Crippen LogP contribution >= 0.6 is 0 Å². The summed E-state index contributed by atoms with van der Waals surface area (Å²) in [6.45, 7) is 1.95. The Morgan fingerprint density at radius 1 is 1.08 bits per heavy atom. The molecule has 2 aliphatic heterocycles. The lowest BCUT2D eigenvalue weighted by Crippen LogP contribution is -2.59. The average Bonchev–Trinajstić information content (AvgIpc) is 3.39. The van der Waals surface area contributed by atoms with Crippen molar-refractivity contribution in [2.75, 3.05) is 26.2 Å². The summed E-state index contributed by atoms with van der Waals surface area (Å²) in [7, 11) is 1.91. The lowest BCUT2D eigenvalue weighted by atomic mass is 9.83. The normalized spacial score (nSPS) is 22.0. The van der Waals surface area contributed by atoms with E-state index < -0.39 is 5.60 Å². The molecular formula is C29H28N4O3. The molecule has 2 unspecified atom stereocenters. The number of benzene rings is 2. The van der Waals surface area contributed by atoms with Gasteiger partial charge in [-0.05, 0) is 29.3 Å². The van der Waals surface area contributed by atoms with Crippen molar-refractivity contribution < 1.29 is 14.3 Å². The number of fused-ring (bicyclic) bond motifs is 1. The zero-order chi connectivity index (χ0) is 24.7. The van der Waals surface area contributed by atoms with E-state index in [-0.39, 0.29) is 24.3 Å². The van der Waals surface area contributed by atoms with Crippen molar-refractivity contribution in [2.45, 2.75) is 18.1 Å². The Morgan fingerprint density at radius 3 is 2.67 bits per heavy atom. The van der Waals surface area contributed by atoms with Crippen molar-refractivity contribution >= 4 is 22.7 Å². The highest BCUT2D eigenvalue weighted by atomic mass is 16.5. The van der Waals surface area contributed by atoms with Crippen LogP contribution in [0.3, 0.4) is 0 Å². The first-order valence-electron chi connectivity index (χ1n) is 12.3. The molecule has 182 valence electrons. The third kappa shape index (κ3) is 3.67. The van der Waals surface area contributed by atoms with E-state index in [0.717, 1.165) is 22.0 Å². The second kappa shape index (κ2) is 8.91. The van der Waals surface area contributed by atoms with Gasteiger partial charge < -0.3 is 19.1 Å². The van der Waals surface area contributed by atoms with E-state index in [2.05, 4.69) is 4.98 Å². The number of aromatic nitrogens is 2. The van der Waals surface area contributed by atoms with Crippen LogP contribution in [0.15, 0.2) is 85.2 Å². The average molecular weight is 481 g/mol. The van der Waals surface area contributed by atoms with Crippen LogP contribution in [0.25, 0.3) is 10.9 Å². The maximum Gasteiger partial charge on any atom is 0.270 e. The Balaban J connectivity index is 1.35. The van der Waals surface area contributed by atoms with Gasteiger partial charge in [-0.3, -0.25) is 14.6 Å². The number of likely N-dealkylation sites (tertiary alicyclic amines) is 1. The summed E-state index contributed by atoms with van der Waals surface area (Å²) in [5, 5.41) is 1.02. The number of para-hydroxylation sites is 1. The van der Waals surface area contributed by atoms with Crippen LogP contribution in [0.4, 0.5) is 0 Å².